The fraction of sp³-hybridized carbons (Fsp3) is 0.714. The molecule has 14 heavy (non-hydrogen) atoms. The first-order chi connectivity index (χ1) is 6.70. The highest BCUT2D eigenvalue weighted by atomic mass is 16.7. The molecule has 0 amide bonds. The van der Waals surface area contributed by atoms with Crippen molar-refractivity contribution in [1.29, 1.82) is 5.26 Å². The maximum Gasteiger partial charge on any atom is 0.269 e. The summed E-state index contributed by atoms with van der Waals surface area (Å²) in [5.41, 5.74) is 0. The van der Waals surface area contributed by atoms with Gasteiger partial charge < -0.3 is 0 Å². The number of hydrazine groups is 1. The third-order valence-corrected chi connectivity index (χ3v) is 1.90. The zero-order valence-corrected chi connectivity index (χ0v) is 7.83. The van der Waals surface area contributed by atoms with Crippen LogP contribution < -0.4 is 0 Å². The first-order valence-electron chi connectivity index (χ1n) is 4.33. The van der Waals surface area contributed by atoms with Gasteiger partial charge in [0.05, 0.1) is 0 Å². The molecule has 7 nitrogen and oxygen atoms in total. The lowest BCUT2D eigenvalue weighted by molar-refractivity contribution is -0.634. The average molecular weight is 197 g/mol. The third kappa shape index (κ3) is 1.90. The van der Waals surface area contributed by atoms with Gasteiger partial charge >= 0.3 is 0 Å². The van der Waals surface area contributed by atoms with E-state index in [0.29, 0.717) is 11.6 Å². The number of hydrogen-bond acceptors (Lipinski definition) is 5. The maximum absolute atomic E-state index is 10.5. The van der Waals surface area contributed by atoms with Crippen molar-refractivity contribution in [3.05, 3.63) is 10.1 Å². The number of nitriles is 1. The Hall–Kier alpha value is -1.84. The minimum Gasteiger partial charge on any atom is -0.254 e. The van der Waals surface area contributed by atoms with Gasteiger partial charge in [-0.3, -0.25) is 5.01 Å². The summed E-state index contributed by atoms with van der Waals surface area (Å²) < 4.78 is 0. The Morgan fingerprint density at radius 3 is 3.00 bits per heavy atom. The van der Waals surface area contributed by atoms with Gasteiger partial charge in [-0.05, 0) is 11.4 Å². The van der Waals surface area contributed by atoms with Gasteiger partial charge in [0, 0.05) is 6.54 Å². The molecule has 0 fully saturated rings. The Morgan fingerprint density at radius 1 is 1.79 bits per heavy atom. The summed E-state index contributed by atoms with van der Waals surface area (Å²) in [7, 11) is 0. The zero-order valence-electron chi connectivity index (χ0n) is 7.83. The van der Waals surface area contributed by atoms with Crippen LogP contribution in [0.5, 0.6) is 0 Å². The van der Waals surface area contributed by atoms with Crippen LogP contribution in [0.15, 0.2) is 5.10 Å². The fourth-order valence-electron chi connectivity index (χ4n) is 1.14. The van der Waals surface area contributed by atoms with E-state index in [0.717, 1.165) is 19.2 Å². The van der Waals surface area contributed by atoms with Crippen LogP contribution in [0.3, 0.4) is 0 Å². The summed E-state index contributed by atoms with van der Waals surface area (Å²) in [5, 5.41) is 24.5. The summed E-state index contributed by atoms with van der Waals surface area (Å²) >= 11 is 0. The molecule has 0 N–H and O–H groups in total. The Morgan fingerprint density at radius 2 is 2.50 bits per heavy atom. The van der Waals surface area contributed by atoms with Gasteiger partial charge in [0.2, 0.25) is 0 Å². The maximum atomic E-state index is 10.5. The van der Waals surface area contributed by atoms with Crippen molar-refractivity contribution in [2.75, 3.05) is 6.54 Å². The Kier molecular flexibility index (Phi) is 3.23. The van der Waals surface area contributed by atoms with Crippen LogP contribution in [0.4, 0.5) is 0 Å². The molecule has 76 valence electrons. The van der Waals surface area contributed by atoms with Crippen LogP contribution >= 0.6 is 0 Å². The van der Waals surface area contributed by atoms with Gasteiger partial charge in [-0.2, -0.15) is 10.4 Å². The molecule has 0 aromatic rings. The first-order valence-corrected chi connectivity index (χ1v) is 4.33. The molecule has 0 aliphatic carbocycles. The van der Waals surface area contributed by atoms with E-state index in [4.69, 9.17) is 5.26 Å². The van der Waals surface area contributed by atoms with Gasteiger partial charge in [0.15, 0.2) is 11.4 Å². The quantitative estimate of drug-likeness (QED) is 0.480. The van der Waals surface area contributed by atoms with Crippen LogP contribution in [0.1, 0.15) is 19.8 Å². The Labute approximate surface area is 81.3 Å². The van der Waals surface area contributed by atoms with E-state index < -0.39 is 11.2 Å². The van der Waals surface area contributed by atoms with Crippen molar-refractivity contribution in [3.63, 3.8) is 0 Å². The highest BCUT2D eigenvalue weighted by molar-refractivity contribution is 5.56. The van der Waals surface area contributed by atoms with E-state index in [9.17, 15) is 10.1 Å². The van der Waals surface area contributed by atoms with Gasteiger partial charge in [0.25, 0.3) is 6.17 Å². The van der Waals surface area contributed by atoms with E-state index >= 15 is 0 Å². The van der Waals surface area contributed by atoms with Crippen LogP contribution in [0.2, 0.25) is 0 Å². The van der Waals surface area contributed by atoms with Crippen LogP contribution in [-0.2, 0) is 0 Å². The second kappa shape index (κ2) is 4.41. The van der Waals surface area contributed by atoms with Crippen molar-refractivity contribution in [2.45, 2.75) is 25.9 Å². The van der Waals surface area contributed by atoms with Crippen LogP contribution in [0.25, 0.3) is 0 Å². The van der Waals surface area contributed by atoms with Crippen molar-refractivity contribution < 1.29 is 5.03 Å². The van der Waals surface area contributed by atoms with Crippen LogP contribution in [-0.4, -0.2) is 34.1 Å². The number of nitrogens with zero attached hydrogens (tertiary/aromatic N) is 5. The Balaban J connectivity index is 2.61. The molecule has 0 aromatic heterocycles. The molecular formula is C7H11N5O2. The lowest BCUT2D eigenvalue weighted by atomic mass is 10.3. The lowest BCUT2D eigenvalue weighted by Crippen LogP contribution is -2.42. The fourth-order valence-corrected chi connectivity index (χ4v) is 1.14. The highest BCUT2D eigenvalue weighted by Gasteiger charge is 2.35. The smallest absolute Gasteiger partial charge is 0.254 e. The molecule has 1 heterocycles. The van der Waals surface area contributed by atoms with E-state index in [1.165, 1.54) is 5.01 Å². The molecule has 1 aliphatic heterocycles. The van der Waals surface area contributed by atoms with E-state index in [1.807, 2.05) is 13.0 Å². The lowest BCUT2D eigenvalue weighted by Gasteiger charge is -2.18. The topological polar surface area (TPSA) is 85.8 Å². The van der Waals surface area contributed by atoms with Gasteiger partial charge in [-0.25, -0.2) is 10.1 Å². The zero-order chi connectivity index (χ0) is 10.6. The number of unbranched alkanes of at least 4 members (excludes halogenated alkanes) is 1. The Bertz CT molecular complexity index is 284. The highest BCUT2D eigenvalue weighted by Crippen LogP contribution is 2.12. The largest absolute Gasteiger partial charge is 0.269 e. The number of rotatable bonds is 4. The van der Waals surface area contributed by atoms with Crippen LogP contribution in [0, 0.1) is 21.4 Å². The molecule has 0 saturated heterocycles. The molecule has 0 bridgehead atoms. The number of hydrogen-bond donors (Lipinski definition) is 0. The molecule has 0 radical (unpaired) electrons. The molecule has 0 saturated carbocycles. The van der Waals surface area contributed by atoms with Gasteiger partial charge in [0.1, 0.15) is 6.07 Å². The molecule has 1 rings (SSSR count). The summed E-state index contributed by atoms with van der Waals surface area (Å²) in [5.74, 6) is 0. The molecule has 0 aromatic carbocycles. The predicted octanol–water partition coefficient (Wildman–Crippen LogP) is 0.389. The standard InChI is InChI=1S/C7H11N5O2/c1-2-3-4-10-7(5-8)11(6-9-10)12(13)14/h6-7H,2-4H2,1H3. The minimum atomic E-state index is -0.906. The third-order valence-electron chi connectivity index (χ3n) is 1.90. The van der Waals surface area contributed by atoms with Gasteiger partial charge in [-0.15, -0.1) is 0 Å². The summed E-state index contributed by atoms with van der Waals surface area (Å²) in [6.07, 6.45) is 1.99. The molecule has 1 unspecified atom stereocenters. The van der Waals surface area contributed by atoms with Gasteiger partial charge in [-0.1, -0.05) is 13.3 Å². The number of nitro groups is 1. The SMILES string of the molecule is CCCCN1N=CN([N+](=O)[O-])C1C#N. The van der Waals surface area contributed by atoms with E-state index in [2.05, 4.69) is 5.10 Å². The van der Waals surface area contributed by atoms with E-state index in [1.54, 1.807) is 0 Å². The summed E-state index contributed by atoms with van der Waals surface area (Å²) in [4.78, 5) is 10.5. The minimum absolute atomic E-state index is 0.565. The first kappa shape index (κ1) is 10.2. The van der Waals surface area contributed by atoms with Crippen molar-refractivity contribution in [1.82, 2.24) is 10.0 Å². The molecule has 1 aliphatic rings. The monoisotopic (exact) mass is 197 g/mol. The molecule has 0 spiro atoms. The number of hydrazone groups is 1. The molecule has 1 atom stereocenters. The van der Waals surface area contributed by atoms with Crippen molar-refractivity contribution in [3.8, 4) is 6.07 Å². The van der Waals surface area contributed by atoms with Crippen molar-refractivity contribution in [2.24, 2.45) is 5.10 Å². The normalized spacial score (nSPS) is 19.9. The summed E-state index contributed by atoms with van der Waals surface area (Å²) in [6.45, 7) is 2.57. The summed E-state index contributed by atoms with van der Waals surface area (Å²) in [6, 6.07) is 1.84. The average Bonchev–Trinajstić information content (AvgIpc) is 2.57. The molecular weight excluding hydrogens is 186 g/mol. The second-order valence-electron chi connectivity index (χ2n) is 2.87. The predicted molar refractivity (Wildman–Crippen MR) is 48.3 cm³/mol. The second-order valence-corrected chi connectivity index (χ2v) is 2.87. The molecule has 7 heteroatoms. The van der Waals surface area contributed by atoms with E-state index in [-0.39, 0.29) is 0 Å². The van der Waals surface area contributed by atoms with Crippen molar-refractivity contribution >= 4 is 6.34 Å².